The molecule has 98 valence electrons. The summed E-state index contributed by atoms with van der Waals surface area (Å²) in [7, 11) is 2.04. The van der Waals surface area contributed by atoms with Crippen molar-refractivity contribution in [1.82, 2.24) is 15.1 Å². The van der Waals surface area contributed by atoms with Crippen LogP contribution in [-0.4, -0.2) is 22.9 Å². The van der Waals surface area contributed by atoms with Crippen LogP contribution in [0.15, 0.2) is 0 Å². The molecule has 3 heteroatoms. The highest BCUT2D eigenvalue weighted by molar-refractivity contribution is 5.24. The van der Waals surface area contributed by atoms with Crippen LogP contribution in [-0.2, 0) is 13.0 Å². The van der Waals surface area contributed by atoms with Crippen LogP contribution in [0, 0.1) is 19.8 Å². The van der Waals surface area contributed by atoms with E-state index in [2.05, 4.69) is 49.7 Å². The van der Waals surface area contributed by atoms with E-state index in [1.807, 2.05) is 7.05 Å². The molecule has 0 aromatic carbocycles. The van der Waals surface area contributed by atoms with Gasteiger partial charge in [0.2, 0.25) is 0 Å². The molecular weight excluding hydrogens is 210 g/mol. The highest BCUT2D eigenvalue weighted by Gasteiger charge is 2.17. The Morgan fingerprint density at radius 2 is 1.94 bits per heavy atom. The summed E-state index contributed by atoms with van der Waals surface area (Å²) >= 11 is 0. The third-order valence-electron chi connectivity index (χ3n) is 3.96. The lowest BCUT2D eigenvalue weighted by Crippen LogP contribution is -2.36. The molecular formula is C14H27N3. The Kier molecular flexibility index (Phi) is 5.19. The zero-order chi connectivity index (χ0) is 13.0. The summed E-state index contributed by atoms with van der Waals surface area (Å²) in [6.07, 6.45) is 2.27. The second kappa shape index (κ2) is 6.20. The van der Waals surface area contributed by atoms with Crippen molar-refractivity contribution in [2.75, 3.05) is 7.05 Å². The fourth-order valence-corrected chi connectivity index (χ4v) is 2.45. The van der Waals surface area contributed by atoms with Gasteiger partial charge in [-0.1, -0.05) is 27.2 Å². The third kappa shape index (κ3) is 3.09. The third-order valence-corrected chi connectivity index (χ3v) is 3.96. The molecule has 2 unspecified atom stereocenters. The average molecular weight is 237 g/mol. The first-order valence-corrected chi connectivity index (χ1v) is 6.75. The van der Waals surface area contributed by atoms with Gasteiger partial charge >= 0.3 is 0 Å². The predicted octanol–water partition coefficient (Wildman–Crippen LogP) is 2.70. The van der Waals surface area contributed by atoms with Gasteiger partial charge in [-0.3, -0.25) is 4.68 Å². The molecule has 3 nitrogen and oxygen atoms in total. The van der Waals surface area contributed by atoms with Crippen LogP contribution in [0.1, 0.15) is 44.1 Å². The van der Waals surface area contributed by atoms with E-state index in [-0.39, 0.29) is 0 Å². The highest BCUT2D eigenvalue weighted by atomic mass is 15.3. The fourth-order valence-electron chi connectivity index (χ4n) is 2.45. The van der Waals surface area contributed by atoms with Gasteiger partial charge < -0.3 is 5.32 Å². The van der Waals surface area contributed by atoms with Gasteiger partial charge in [-0.05, 0) is 38.8 Å². The van der Waals surface area contributed by atoms with Crippen LogP contribution in [0.2, 0.25) is 0 Å². The van der Waals surface area contributed by atoms with Crippen molar-refractivity contribution in [3.8, 4) is 0 Å². The lowest BCUT2D eigenvalue weighted by molar-refractivity contribution is 0.333. The first-order chi connectivity index (χ1) is 8.04. The molecule has 0 saturated heterocycles. The number of hydrogen-bond acceptors (Lipinski definition) is 2. The first-order valence-electron chi connectivity index (χ1n) is 6.75. The zero-order valence-electron chi connectivity index (χ0n) is 12.2. The Morgan fingerprint density at radius 3 is 2.35 bits per heavy atom. The molecule has 17 heavy (non-hydrogen) atoms. The number of nitrogens with zero attached hydrogens (tertiary/aromatic N) is 2. The molecule has 0 amide bonds. The standard InChI is InChI=1S/C14H27N3/c1-7-10(3)14(15-6)9-17-12(5)13(8-2)11(4)16-17/h10,14-15H,7-9H2,1-6H3. The number of rotatable bonds is 6. The lowest BCUT2D eigenvalue weighted by Gasteiger charge is -2.23. The summed E-state index contributed by atoms with van der Waals surface area (Å²) in [5.74, 6) is 0.675. The van der Waals surface area contributed by atoms with Crippen LogP contribution < -0.4 is 5.32 Å². The highest BCUT2D eigenvalue weighted by Crippen LogP contribution is 2.16. The van der Waals surface area contributed by atoms with Crippen LogP contribution in [0.3, 0.4) is 0 Å². The summed E-state index contributed by atoms with van der Waals surface area (Å²) in [4.78, 5) is 0. The summed E-state index contributed by atoms with van der Waals surface area (Å²) in [6.45, 7) is 12.0. The van der Waals surface area contributed by atoms with E-state index in [0.717, 1.165) is 13.0 Å². The van der Waals surface area contributed by atoms with Crippen molar-refractivity contribution in [3.63, 3.8) is 0 Å². The predicted molar refractivity (Wildman–Crippen MR) is 73.4 cm³/mol. The van der Waals surface area contributed by atoms with E-state index >= 15 is 0 Å². The van der Waals surface area contributed by atoms with Gasteiger partial charge in [0, 0.05) is 11.7 Å². The van der Waals surface area contributed by atoms with Gasteiger partial charge in [0.25, 0.3) is 0 Å². The van der Waals surface area contributed by atoms with E-state index in [1.54, 1.807) is 0 Å². The fraction of sp³-hybridized carbons (Fsp3) is 0.786. The van der Waals surface area contributed by atoms with Gasteiger partial charge in [-0.25, -0.2) is 0 Å². The Bertz CT molecular complexity index is 355. The maximum absolute atomic E-state index is 4.66. The molecule has 1 rings (SSSR count). The molecule has 0 spiro atoms. The minimum Gasteiger partial charge on any atom is -0.315 e. The Morgan fingerprint density at radius 1 is 1.29 bits per heavy atom. The largest absolute Gasteiger partial charge is 0.315 e. The number of aryl methyl sites for hydroxylation is 1. The zero-order valence-corrected chi connectivity index (χ0v) is 12.2. The molecule has 0 bridgehead atoms. The molecule has 2 atom stereocenters. The Labute approximate surface area is 106 Å². The van der Waals surface area contributed by atoms with Crippen molar-refractivity contribution in [1.29, 1.82) is 0 Å². The normalized spacial score (nSPS) is 14.9. The number of likely N-dealkylation sites (N-methyl/N-ethyl adjacent to an activating group) is 1. The van der Waals surface area contributed by atoms with E-state index in [0.29, 0.717) is 12.0 Å². The van der Waals surface area contributed by atoms with Gasteiger partial charge in [-0.2, -0.15) is 5.10 Å². The minimum absolute atomic E-state index is 0.503. The van der Waals surface area contributed by atoms with Crippen LogP contribution in [0.4, 0.5) is 0 Å². The average Bonchev–Trinajstić information content (AvgIpc) is 2.59. The van der Waals surface area contributed by atoms with Crippen molar-refractivity contribution in [2.24, 2.45) is 5.92 Å². The molecule has 0 aliphatic carbocycles. The van der Waals surface area contributed by atoms with Gasteiger partial charge in [-0.15, -0.1) is 0 Å². The van der Waals surface area contributed by atoms with Crippen molar-refractivity contribution in [3.05, 3.63) is 17.0 Å². The summed E-state index contributed by atoms with van der Waals surface area (Å²) in [6, 6.07) is 0.503. The molecule has 0 saturated carbocycles. The number of nitrogens with one attached hydrogen (secondary N) is 1. The summed E-state index contributed by atoms with van der Waals surface area (Å²) in [5, 5.41) is 8.08. The molecule has 0 aliphatic heterocycles. The minimum atomic E-state index is 0.503. The van der Waals surface area contributed by atoms with Crippen molar-refractivity contribution >= 4 is 0 Å². The van der Waals surface area contributed by atoms with Gasteiger partial charge in [0.1, 0.15) is 0 Å². The first kappa shape index (κ1) is 14.2. The van der Waals surface area contributed by atoms with E-state index in [4.69, 9.17) is 0 Å². The smallest absolute Gasteiger partial charge is 0.0628 e. The molecule has 1 N–H and O–H groups in total. The monoisotopic (exact) mass is 237 g/mol. The topological polar surface area (TPSA) is 29.9 Å². The summed E-state index contributed by atoms with van der Waals surface area (Å²) < 4.78 is 2.17. The van der Waals surface area contributed by atoms with Gasteiger partial charge in [0.15, 0.2) is 0 Å². The molecule has 0 radical (unpaired) electrons. The van der Waals surface area contributed by atoms with E-state index in [1.165, 1.54) is 23.4 Å². The maximum atomic E-state index is 4.66. The second-order valence-electron chi connectivity index (χ2n) is 4.97. The molecule has 1 aromatic rings. The second-order valence-corrected chi connectivity index (χ2v) is 4.97. The van der Waals surface area contributed by atoms with E-state index in [9.17, 15) is 0 Å². The van der Waals surface area contributed by atoms with Crippen LogP contribution in [0.25, 0.3) is 0 Å². The molecule has 1 aromatic heterocycles. The maximum Gasteiger partial charge on any atom is 0.0628 e. The van der Waals surface area contributed by atoms with Crippen LogP contribution in [0.5, 0.6) is 0 Å². The van der Waals surface area contributed by atoms with E-state index < -0.39 is 0 Å². The molecule has 0 aliphatic rings. The Balaban J connectivity index is 2.87. The van der Waals surface area contributed by atoms with Crippen molar-refractivity contribution in [2.45, 2.75) is 60.0 Å². The molecule has 1 heterocycles. The number of hydrogen-bond donors (Lipinski definition) is 1. The summed E-state index contributed by atoms with van der Waals surface area (Å²) in [5.41, 5.74) is 3.92. The quantitative estimate of drug-likeness (QED) is 0.824. The molecule has 0 fully saturated rings. The Hall–Kier alpha value is -0.830. The van der Waals surface area contributed by atoms with Crippen LogP contribution >= 0.6 is 0 Å². The van der Waals surface area contributed by atoms with Crippen molar-refractivity contribution < 1.29 is 0 Å². The van der Waals surface area contributed by atoms with Gasteiger partial charge in [0.05, 0.1) is 12.2 Å². The SMILES string of the molecule is CCc1c(C)nn(CC(NC)C(C)CC)c1C. The lowest BCUT2D eigenvalue weighted by atomic mass is 9.99. The number of aromatic nitrogens is 2.